The monoisotopic (exact) mass is 235 g/mol. The molecule has 17 heavy (non-hydrogen) atoms. The van der Waals surface area contributed by atoms with Gasteiger partial charge < -0.3 is 15.2 Å². The van der Waals surface area contributed by atoms with Crippen molar-refractivity contribution in [3.63, 3.8) is 0 Å². The molecule has 0 aliphatic carbocycles. The van der Waals surface area contributed by atoms with Crippen molar-refractivity contribution >= 4 is 11.8 Å². The van der Waals surface area contributed by atoms with Gasteiger partial charge in [0.1, 0.15) is 23.0 Å². The number of carbonyl (C=O) groups excluding carboxylic acids is 1. The van der Waals surface area contributed by atoms with Crippen molar-refractivity contribution in [2.75, 3.05) is 18.9 Å². The fraction of sp³-hybridized carbons (Fsp3) is 0.364. The van der Waals surface area contributed by atoms with Gasteiger partial charge >= 0.3 is 5.97 Å². The van der Waals surface area contributed by atoms with Gasteiger partial charge in [0, 0.05) is 0 Å². The summed E-state index contributed by atoms with van der Waals surface area (Å²) >= 11 is 0. The Hall–Kier alpha value is -2.29. The van der Waals surface area contributed by atoms with Crippen LogP contribution in [0, 0.1) is 11.3 Å². The molecule has 90 valence electrons. The summed E-state index contributed by atoms with van der Waals surface area (Å²) in [5, 5.41) is 8.91. The summed E-state index contributed by atoms with van der Waals surface area (Å²) in [6.45, 7) is 4.03. The number of pyridine rings is 1. The van der Waals surface area contributed by atoms with Crippen LogP contribution in [0.4, 0.5) is 5.82 Å². The average molecular weight is 235 g/mol. The maximum absolute atomic E-state index is 11.5. The summed E-state index contributed by atoms with van der Waals surface area (Å²) in [6, 6.07) is 3.22. The molecule has 0 fully saturated rings. The molecule has 2 N–H and O–H groups in total. The van der Waals surface area contributed by atoms with Crippen LogP contribution in [-0.4, -0.2) is 24.2 Å². The van der Waals surface area contributed by atoms with Crippen molar-refractivity contribution in [3.8, 4) is 11.9 Å². The lowest BCUT2D eigenvalue weighted by molar-refractivity contribution is 0.0527. The zero-order valence-corrected chi connectivity index (χ0v) is 9.69. The molecule has 0 aromatic carbocycles. The SMILES string of the molecule is CCOC(=O)c1cc(C#N)c(OCC)nc1N. The van der Waals surface area contributed by atoms with Crippen molar-refractivity contribution in [1.29, 1.82) is 5.26 Å². The molecule has 1 rings (SSSR count). The van der Waals surface area contributed by atoms with Crippen molar-refractivity contribution in [2.24, 2.45) is 0 Å². The first-order chi connectivity index (χ1) is 8.13. The smallest absolute Gasteiger partial charge is 0.341 e. The second kappa shape index (κ2) is 5.70. The van der Waals surface area contributed by atoms with Crippen molar-refractivity contribution in [2.45, 2.75) is 13.8 Å². The third kappa shape index (κ3) is 2.84. The minimum Gasteiger partial charge on any atom is -0.477 e. The standard InChI is InChI=1S/C11H13N3O3/c1-3-16-10-7(6-12)5-8(9(13)14-10)11(15)17-4-2/h5H,3-4H2,1-2H3,(H2,13,14). The van der Waals surface area contributed by atoms with Crippen LogP contribution < -0.4 is 10.5 Å². The zero-order chi connectivity index (χ0) is 12.8. The van der Waals surface area contributed by atoms with Crippen LogP contribution in [0.15, 0.2) is 6.07 Å². The third-order valence-electron chi connectivity index (χ3n) is 1.91. The number of anilines is 1. The molecule has 0 atom stereocenters. The highest BCUT2D eigenvalue weighted by atomic mass is 16.5. The molecule has 1 aromatic heterocycles. The summed E-state index contributed by atoms with van der Waals surface area (Å²) in [5.74, 6) is -0.483. The zero-order valence-electron chi connectivity index (χ0n) is 9.69. The minimum atomic E-state index is -0.600. The maximum atomic E-state index is 11.5. The van der Waals surface area contributed by atoms with E-state index in [-0.39, 0.29) is 29.4 Å². The van der Waals surface area contributed by atoms with Crippen LogP contribution >= 0.6 is 0 Å². The minimum absolute atomic E-state index is 0.00843. The molecular formula is C11H13N3O3. The molecule has 0 unspecified atom stereocenters. The highest BCUT2D eigenvalue weighted by Crippen LogP contribution is 2.21. The summed E-state index contributed by atoms with van der Waals surface area (Å²) in [6.07, 6.45) is 0. The van der Waals surface area contributed by atoms with Crippen molar-refractivity contribution in [3.05, 3.63) is 17.2 Å². The molecule has 6 nitrogen and oxygen atoms in total. The van der Waals surface area contributed by atoms with Gasteiger partial charge in [-0.2, -0.15) is 10.2 Å². The van der Waals surface area contributed by atoms with E-state index in [0.29, 0.717) is 6.61 Å². The maximum Gasteiger partial charge on any atom is 0.341 e. The van der Waals surface area contributed by atoms with Crippen LogP contribution in [0.3, 0.4) is 0 Å². The van der Waals surface area contributed by atoms with Gasteiger partial charge in [-0.05, 0) is 19.9 Å². The van der Waals surface area contributed by atoms with E-state index in [2.05, 4.69) is 4.98 Å². The fourth-order valence-corrected chi connectivity index (χ4v) is 1.21. The highest BCUT2D eigenvalue weighted by Gasteiger charge is 2.17. The Balaban J connectivity index is 3.18. The number of nitrogens with two attached hydrogens (primary N) is 1. The lowest BCUT2D eigenvalue weighted by Gasteiger charge is -2.08. The second-order valence-electron chi connectivity index (χ2n) is 3.04. The number of ether oxygens (including phenoxy) is 2. The molecule has 0 radical (unpaired) electrons. The number of aromatic nitrogens is 1. The summed E-state index contributed by atoms with van der Waals surface area (Å²) in [5.41, 5.74) is 5.84. The highest BCUT2D eigenvalue weighted by molar-refractivity contribution is 5.94. The first-order valence-electron chi connectivity index (χ1n) is 5.14. The molecule has 0 saturated heterocycles. The van der Waals surface area contributed by atoms with E-state index < -0.39 is 5.97 Å². The van der Waals surface area contributed by atoms with Crippen molar-refractivity contribution in [1.82, 2.24) is 4.98 Å². The quantitative estimate of drug-likeness (QED) is 0.785. The molecule has 1 aromatic rings. The van der Waals surface area contributed by atoms with Crippen LogP contribution in [0.25, 0.3) is 0 Å². The third-order valence-corrected chi connectivity index (χ3v) is 1.91. The predicted molar refractivity (Wildman–Crippen MR) is 60.5 cm³/mol. The van der Waals surface area contributed by atoms with Gasteiger partial charge in [-0.15, -0.1) is 0 Å². The molecule has 0 aliphatic heterocycles. The van der Waals surface area contributed by atoms with E-state index in [1.165, 1.54) is 6.07 Å². The van der Waals surface area contributed by atoms with Gasteiger partial charge in [-0.1, -0.05) is 0 Å². The van der Waals surface area contributed by atoms with Crippen LogP contribution in [0.1, 0.15) is 29.8 Å². The number of nitrogen functional groups attached to an aromatic ring is 1. The molecule has 0 bridgehead atoms. The Bertz CT molecular complexity index is 466. The van der Waals surface area contributed by atoms with Crippen LogP contribution in [0.2, 0.25) is 0 Å². The Morgan fingerprint density at radius 2 is 2.24 bits per heavy atom. The van der Waals surface area contributed by atoms with Crippen molar-refractivity contribution < 1.29 is 14.3 Å². The molecule has 1 heterocycles. The Labute approximate surface area is 99.0 Å². The number of hydrogen-bond donors (Lipinski definition) is 1. The number of hydrogen-bond acceptors (Lipinski definition) is 6. The van der Waals surface area contributed by atoms with Gasteiger partial charge in [-0.25, -0.2) is 4.79 Å². The molecule has 6 heteroatoms. The van der Waals surface area contributed by atoms with Gasteiger partial charge in [0.15, 0.2) is 0 Å². The second-order valence-corrected chi connectivity index (χ2v) is 3.04. The Morgan fingerprint density at radius 3 is 2.76 bits per heavy atom. The molecule has 0 spiro atoms. The Kier molecular flexibility index (Phi) is 4.29. The van der Waals surface area contributed by atoms with Crippen LogP contribution in [0.5, 0.6) is 5.88 Å². The first kappa shape index (κ1) is 12.8. The lowest BCUT2D eigenvalue weighted by atomic mass is 10.2. The van der Waals surface area contributed by atoms with E-state index in [1.54, 1.807) is 13.8 Å². The summed E-state index contributed by atoms with van der Waals surface area (Å²) < 4.78 is 9.94. The number of nitrogens with zero attached hydrogens (tertiary/aromatic N) is 2. The van der Waals surface area contributed by atoms with E-state index in [9.17, 15) is 4.79 Å². The lowest BCUT2D eigenvalue weighted by Crippen LogP contribution is -2.11. The number of carbonyl (C=O) groups is 1. The van der Waals surface area contributed by atoms with Gasteiger partial charge in [0.2, 0.25) is 5.88 Å². The van der Waals surface area contributed by atoms with Gasteiger partial charge in [0.25, 0.3) is 0 Å². The fourth-order valence-electron chi connectivity index (χ4n) is 1.21. The topological polar surface area (TPSA) is 98.2 Å². The molecule has 0 amide bonds. The van der Waals surface area contributed by atoms with E-state index in [1.807, 2.05) is 6.07 Å². The summed E-state index contributed by atoms with van der Waals surface area (Å²) in [4.78, 5) is 15.4. The normalized spacial score (nSPS) is 9.47. The van der Waals surface area contributed by atoms with Gasteiger partial charge in [-0.3, -0.25) is 0 Å². The number of esters is 1. The average Bonchev–Trinajstić information content (AvgIpc) is 2.30. The molecular weight excluding hydrogens is 222 g/mol. The van der Waals surface area contributed by atoms with Crippen LogP contribution in [-0.2, 0) is 4.74 Å². The van der Waals surface area contributed by atoms with E-state index in [0.717, 1.165) is 0 Å². The largest absolute Gasteiger partial charge is 0.477 e. The number of rotatable bonds is 4. The predicted octanol–water partition coefficient (Wildman–Crippen LogP) is 1.11. The van der Waals surface area contributed by atoms with E-state index in [4.69, 9.17) is 20.5 Å². The molecule has 0 aliphatic rings. The van der Waals surface area contributed by atoms with E-state index >= 15 is 0 Å². The number of nitriles is 1. The summed E-state index contributed by atoms with van der Waals surface area (Å²) in [7, 11) is 0. The Morgan fingerprint density at radius 1 is 1.53 bits per heavy atom. The first-order valence-corrected chi connectivity index (χ1v) is 5.14. The molecule has 0 saturated carbocycles. The van der Waals surface area contributed by atoms with Gasteiger partial charge in [0.05, 0.1) is 13.2 Å².